The Morgan fingerprint density at radius 3 is 2.73 bits per heavy atom. The first-order valence-corrected chi connectivity index (χ1v) is 7.13. The standard InChI is InChI=1S/C15H21N3O4/c1-15(2)9-17(7-6-13(15)16)14(19)10-4-5-12(22-3)11(8-10)18(20)21/h4-5,8,13H,6-7,9,16H2,1-3H3. The first-order chi connectivity index (χ1) is 10.3. The number of rotatable bonds is 3. The highest BCUT2D eigenvalue weighted by atomic mass is 16.6. The van der Waals surface area contributed by atoms with Crippen LogP contribution >= 0.6 is 0 Å². The number of ether oxygens (including phenoxy) is 1. The number of methoxy groups -OCH3 is 1. The van der Waals surface area contributed by atoms with E-state index in [0.717, 1.165) is 6.42 Å². The summed E-state index contributed by atoms with van der Waals surface area (Å²) in [6.45, 7) is 5.14. The van der Waals surface area contributed by atoms with E-state index in [1.54, 1.807) is 11.0 Å². The van der Waals surface area contributed by atoms with Crippen LogP contribution in [0.15, 0.2) is 18.2 Å². The van der Waals surface area contributed by atoms with Gasteiger partial charge in [-0.2, -0.15) is 0 Å². The number of nitrogens with zero attached hydrogens (tertiary/aromatic N) is 2. The first-order valence-electron chi connectivity index (χ1n) is 7.13. The fourth-order valence-electron chi connectivity index (χ4n) is 2.70. The molecule has 1 aromatic rings. The van der Waals surface area contributed by atoms with Crippen molar-refractivity contribution in [3.05, 3.63) is 33.9 Å². The summed E-state index contributed by atoms with van der Waals surface area (Å²) in [4.78, 5) is 24.8. The quantitative estimate of drug-likeness (QED) is 0.678. The molecule has 1 aliphatic rings. The Hall–Kier alpha value is -2.15. The molecule has 0 spiro atoms. The van der Waals surface area contributed by atoms with Crippen molar-refractivity contribution in [1.29, 1.82) is 0 Å². The lowest BCUT2D eigenvalue weighted by atomic mass is 9.79. The molecular formula is C15H21N3O4. The van der Waals surface area contributed by atoms with Crippen molar-refractivity contribution in [2.45, 2.75) is 26.3 Å². The maximum atomic E-state index is 12.6. The second kappa shape index (κ2) is 5.92. The summed E-state index contributed by atoms with van der Waals surface area (Å²) in [6, 6.07) is 4.31. The Balaban J connectivity index is 2.27. The maximum Gasteiger partial charge on any atom is 0.311 e. The molecule has 7 nitrogen and oxygen atoms in total. The lowest BCUT2D eigenvalue weighted by molar-refractivity contribution is -0.385. The number of benzene rings is 1. The lowest BCUT2D eigenvalue weighted by Gasteiger charge is -2.42. The van der Waals surface area contributed by atoms with Gasteiger partial charge in [0.2, 0.25) is 0 Å². The van der Waals surface area contributed by atoms with Crippen LogP contribution in [0.1, 0.15) is 30.6 Å². The van der Waals surface area contributed by atoms with Crippen molar-refractivity contribution in [1.82, 2.24) is 4.90 Å². The summed E-state index contributed by atoms with van der Waals surface area (Å²) >= 11 is 0. The molecule has 1 atom stereocenters. The van der Waals surface area contributed by atoms with Crippen LogP contribution < -0.4 is 10.5 Å². The molecule has 1 aromatic carbocycles. The molecule has 1 saturated heterocycles. The molecule has 1 heterocycles. The van der Waals surface area contributed by atoms with E-state index < -0.39 is 4.92 Å². The number of nitro benzene ring substituents is 1. The maximum absolute atomic E-state index is 12.6. The number of amides is 1. The third-order valence-corrected chi connectivity index (χ3v) is 4.22. The van der Waals surface area contributed by atoms with Gasteiger partial charge in [0, 0.05) is 30.8 Å². The Bertz CT molecular complexity index is 600. The molecule has 0 bridgehead atoms. The van der Waals surface area contributed by atoms with E-state index in [2.05, 4.69) is 0 Å². The van der Waals surface area contributed by atoms with Gasteiger partial charge in [0.05, 0.1) is 12.0 Å². The zero-order valence-electron chi connectivity index (χ0n) is 13.0. The van der Waals surface area contributed by atoms with Gasteiger partial charge in [-0.3, -0.25) is 14.9 Å². The zero-order valence-corrected chi connectivity index (χ0v) is 13.0. The number of likely N-dealkylation sites (tertiary alicyclic amines) is 1. The van der Waals surface area contributed by atoms with E-state index in [-0.39, 0.29) is 28.8 Å². The molecule has 1 fully saturated rings. The fraction of sp³-hybridized carbons (Fsp3) is 0.533. The Kier molecular flexibility index (Phi) is 4.37. The third-order valence-electron chi connectivity index (χ3n) is 4.22. The van der Waals surface area contributed by atoms with Crippen LogP contribution in [0.4, 0.5) is 5.69 Å². The topological polar surface area (TPSA) is 98.7 Å². The average Bonchev–Trinajstić information content (AvgIpc) is 2.48. The minimum Gasteiger partial charge on any atom is -0.490 e. The Labute approximate surface area is 129 Å². The molecule has 1 amide bonds. The normalized spacial score (nSPS) is 20.5. The second-order valence-electron chi connectivity index (χ2n) is 6.25. The first kappa shape index (κ1) is 16.2. The largest absolute Gasteiger partial charge is 0.490 e. The molecule has 7 heteroatoms. The number of piperidine rings is 1. The Morgan fingerprint density at radius 1 is 1.50 bits per heavy atom. The fourth-order valence-corrected chi connectivity index (χ4v) is 2.70. The Morgan fingerprint density at radius 2 is 2.18 bits per heavy atom. The van der Waals surface area contributed by atoms with Gasteiger partial charge < -0.3 is 15.4 Å². The highest BCUT2D eigenvalue weighted by Gasteiger charge is 2.36. The monoisotopic (exact) mass is 307 g/mol. The highest BCUT2D eigenvalue weighted by Crippen LogP contribution is 2.31. The summed E-state index contributed by atoms with van der Waals surface area (Å²) in [5.74, 6) is -0.0757. The van der Waals surface area contributed by atoms with Crippen LogP contribution in [0.3, 0.4) is 0 Å². The molecular weight excluding hydrogens is 286 g/mol. The summed E-state index contributed by atoms with van der Waals surface area (Å²) in [5, 5.41) is 11.1. The molecule has 1 unspecified atom stereocenters. The summed E-state index contributed by atoms with van der Waals surface area (Å²) in [5.41, 5.74) is 5.98. The molecule has 1 aliphatic heterocycles. The lowest BCUT2D eigenvalue weighted by Crippen LogP contribution is -2.54. The third kappa shape index (κ3) is 3.04. The summed E-state index contributed by atoms with van der Waals surface area (Å²) in [6.07, 6.45) is 0.719. The van der Waals surface area contributed by atoms with Crippen molar-refractivity contribution in [2.75, 3.05) is 20.2 Å². The van der Waals surface area contributed by atoms with Gasteiger partial charge in [-0.05, 0) is 24.0 Å². The SMILES string of the molecule is COc1ccc(C(=O)N2CCC(N)C(C)(C)C2)cc1[N+](=O)[O-]. The van der Waals surface area contributed by atoms with Gasteiger partial charge >= 0.3 is 5.69 Å². The average molecular weight is 307 g/mol. The smallest absolute Gasteiger partial charge is 0.311 e. The van der Waals surface area contributed by atoms with E-state index in [4.69, 9.17) is 10.5 Å². The van der Waals surface area contributed by atoms with Crippen LogP contribution in [0, 0.1) is 15.5 Å². The summed E-state index contributed by atoms with van der Waals surface area (Å²) < 4.78 is 4.95. The molecule has 0 saturated carbocycles. The van der Waals surface area contributed by atoms with Crippen LogP contribution in [-0.2, 0) is 0 Å². The van der Waals surface area contributed by atoms with Gasteiger partial charge in [0.15, 0.2) is 5.75 Å². The predicted octanol–water partition coefficient (Wildman–Crippen LogP) is 1.80. The predicted molar refractivity (Wildman–Crippen MR) is 81.9 cm³/mol. The van der Waals surface area contributed by atoms with Gasteiger partial charge in [0.1, 0.15) is 0 Å². The second-order valence-corrected chi connectivity index (χ2v) is 6.25. The van der Waals surface area contributed by atoms with Crippen molar-refractivity contribution in [3.63, 3.8) is 0 Å². The molecule has 0 aromatic heterocycles. The van der Waals surface area contributed by atoms with Crippen molar-refractivity contribution in [3.8, 4) is 5.75 Å². The number of nitro groups is 1. The molecule has 22 heavy (non-hydrogen) atoms. The van der Waals surface area contributed by atoms with Gasteiger partial charge in [-0.15, -0.1) is 0 Å². The van der Waals surface area contributed by atoms with Crippen LogP contribution in [0.2, 0.25) is 0 Å². The number of nitrogens with two attached hydrogens (primary N) is 1. The minimum absolute atomic E-state index is 0.0433. The number of carbonyl (C=O) groups is 1. The van der Waals surface area contributed by atoms with Crippen LogP contribution in [-0.4, -0.2) is 42.0 Å². The zero-order chi connectivity index (χ0) is 16.5. The van der Waals surface area contributed by atoms with E-state index in [0.29, 0.717) is 18.7 Å². The van der Waals surface area contributed by atoms with Gasteiger partial charge in [-0.25, -0.2) is 0 Å². The van der Waals surface area contributed by atoms with Gasteiger partial charge in [-0.1, -0.05) is 13.8 Å². The summed E-state index contributed by atoms with van der Waals surface area (Å²) in [7, 11) is 1.36. The van der Waals surface area contributed by atoms with E-state index in [1.807, 2.05) is 13.8 Å². The minimum atomic E-state index is -0.550. The van der Waals surface area contributed by atoms with Gasteiger partial charge in [0.25, 0.3) is 5.91 Å². The van der Waals surface area contributed by atoms with E-state index in [1.165, 1.54) is 19.2 Å². The van der Waals surface area contributed by atoms with Crippen LogP contribution in [0.25, 0.3) is 0 Å². The van der Waals surface area contributed by atoms with Crippen molar-refractivity contribution in [2.24, 2.45) is 11.1 Å². The highest BCUT2D eigenvalue weighted by molar-refractivity contribution is 5.95. The number of hydrogen-bond donors (Lipinski definition) is 1. The molecule has 0 radical (unpaired) electrons. The van der Waals surface area contributed by atoms with Crippen molar-refractivity contribution < 1.29 is 14.5 Å². The molecule has 0 aliphatic carbocycles. The number of hydrogen-bond acceptors (Lipinski definition) is 5. The molecule has 120 valence electrons. The number of carbonyl (C=O) groups excluding carboxylic acids is 1. The van der Waals surface area contributed by atoms with Crippen molar-refractivity contribution >= 4 is 11.6 Å². The van der Waals surface area contributed by atoms with Crippen LogP contribution in [0.5, 0.6) is 5.75 Å². The molecule has 2 rings (SSSR count). The van der Waals surface area contributed by atoms with E-state index >= 15 is 0 Å². The molecule has 2 N–H and O–H groups in total. The van der Waals surface area contributed by atoms with E-state index in [9.17, 15) is 14.9 Å².